The Bertz CT molecular complexity index is 506. The van der Waals surface area contributed by atoms with Crippen LogP contribution >= 0.6 is 0 Å². The molecular weight excluding hydrogens is 250 g/mol. The highest BCUT2D eigenvalue weighted by molar-refractivity contribution is 5.93. The number of amides is 2. The maximum absolute atomic E-state index is 12.3. The van der Waals surface area contributed by atoms with Crippen LogP contribution in [0.4, 0.5) is 16.2 Å². The molecule has 0 bridgehead atoms. The molecule has 0 atom stereocenters. The van der Waals surface area contributed by atoms with Crippen molar-refractivity contribution in [1.29, 1.82) is 0 Å². The summed E-state index contributed by atoms with van der Waals surface area (Å²) in [6.07, 6.45) is 4.68. The van der Waals surface area contributed by atoms with Gasteiger partial charge in [-0.1, -0.05) is 6.07 Å². The van der Waals surface area contributed by atoms with Gasteiger partial charge in [0.2, 0.25) is 0 Å². The van der Waals surface area contributed by atoms with Crippen LogP contribution in [0.15, 0.2) is 18.2 Å². The van der Waals surface area contributed by atoms with Crippen molar-refractivity contribution in [3.05, 3.63) is 23.8 Å². The Labute approximate surface area is 121 Å². The normalized spacial score (nSPS) is 18.1. The van der Waals surface area contributed by atoms with Crippen LogP contribution in [-0.2, 0) is 6.42 Å². The molecule has 0 unspecified atom stereocenters. The summed E-state index contributed by atoms with van der Waals surface area (Å²) in [5.41, 5.74) is 3.67. The monoisotopic (exact) mass is 273 g/mol. The van der Waals surface area contributed by atoms with Gasteiger partial charge in [0, 0.05) is 39.4 Å². The number of hydrogen-bond acceptors (Lipinski definition) is 2. The summed E-state index contributed by atoms with van der Waals surface area (Å²) in [6.45, 7) is 3.11. The molecule has 3 rings (SSSR count). The maximum Gasteiger partial charge on any atom is 0.323 e. The molecule has 108 valence electrons. The third kappa shape index (κ3) is 2.35. The highest BCUT2D eigenvalue weighted by atomic mass is 16.2. The first-order valence-electron chi connectivity index (χ1n) is 7.53. The number of carbonyl (C=O) groups excluding carboxylic acids is 1. The van der Waals surface area contributed by atoms with Crippen molar-refractivity contribution in [2.75, 3.05) is 43.5 Å². The van der Waals surface area contributed by atoms with E-state index in [2.05, 4.69) is 23.1 Å². The number of aryl methyl sites for hydroxylation is 1. The molecular formula is C16H23N3O. The van der Waals surface area contributed by atoms with Crippen molar-refractivity contribution in [3.63, 3.8) is 0 Å². The molecule has 2 aliphatic heterocycles. The van der Waals surface area contributed by atoms with Crippen LogP contribution in [0.2, 0.25) is 0 Å². The quantitative estimate of drug-likeness (QED) is 0.786. The van der Waals surface area contributed by atoms with Gasteiger partial charge in [-0.3, -0.25) is 4.90 Å². The number of anilines is 2. The summed E-state index contributed by atoms with van der Waals surface area (Å²) in [5, 5.41) is 0. The van der Waals surface area contributed by atoms with Crippen molar-refractivity contribution >= 4 is 17.4 Å². The predicted octanol–water partition coefficient (Wildman–Crippen LogP) is 2.72. The number of carbonyl (C=O) groups is 1. The lowest BCUT2D eigenvalue weighted by atomic mass is 10.0. The van der Waals surface area contributed by atoms with Crippen LogP contribution in [0, 0.1) is 0 Å². The molecule has 1 fully saturated rings. The summed E-state index contributed by atoms with van der Waals surface area (Å²) in [4.78, 5) is 18.3. The maximum atomic E-state index is 12.3. The van der Waals surface area contributed by atoms with Gasteiger partial charge >= 0.3 is 6.03 Å². The van der Waals surface area contributed by atoms with Crippen LogP contribution in [0.1, 0.15) is 24.8 Å². The third-order valence-electron chi connectivity index (χ3n) is 4.27. The number of urea groups is 1. The lowest BCUT2D eigenvalue weighted by Gasteiger charge is -2.32. The Kier molecular flexibility index (Phi) is 3.55. The van der Waals surface area contributed by atoms with Crippen LogP contribution in [0.3, 0.4) is 0 Å². The highest BCUT2D eigenvalue weighted by Crippen LogP contribution is 2.33. The van der Waals surface area contributed by atoms with E-state index in [1.54, 1.807) is 4.90 Å². The highest BCUT2D eigenvalue weighted by Gasteiger charge is 2.25. The van der Waals surface area contributed by atoms with Crippen LogP contribution in [0.5, 0.6) is 0 Å². The number of nitrogens with zero attached hydrogens (tertiary/aromatic N) is 3. The van der Waals surface area contributed by atoms with E-state index in [-0.39, 0.29) is 6.03 Å². The minimum absolute atomic E-state index is 0.0875. The van der Waals surface area contributed by atoms with Crippen LogP contribution < -0.4 is 9.80 Å². The molecule has 2 heterocycles. The molecule has 2 amide bonds. The van der Waals surface area contributed by atoms with Gasteiger partial charge in [0.1, 0.15) is 0 Å². The molecule has 20 heavy (non-hydrogen) atoms. The van der Waals surface area contributed by atoms with Crippen LogP contribution in [-0.4, -0.2) is 44.7 Å². The largest absolute Gasteiger partial charge is 0.371 e. The van der Waals surface area contributed by atoms with E-state index in [9.17, 15) is 4.79 Å². The zero-order chi connectivity index (χ0) is 14.1. The zero-order valence-electron chi connectivity index (χ0n) is 12.4. The molecule has 0 saturated carbocycles. The van der Waals surface area contributed by atoms with Crippen molar-refractivity contribution < 1.29 is 4.79 Å². The second-order valence-electron chi connectivity index (χ2n) is 5.94. The average Bonchev–Trinajstić information content (AvgIpc) is 2.99. The van der Waals surface area contributed by atoms with Gasteiger partial charge < -0.3 is 9.80 Å². The second kappa shape index (κ2) is 5.35. The van der Waals surface area contributed by atoms with E-state index >= 15 is 0 Å². The Morgan fingerprint density at radius 1 is 1.10 bits per heavy atom. The summed E-state index contributed by atoms with van der Waals surface area (Å²) < 4.78 is 0. The Hall–Kier alpha value is -1.71. The summed E-state index contributed by atoms with van der Waals surface area (Å²) >= 11 is 0. The molecule has 1 aromatic carbocycles. The number of rotatable bonds is 1. The van der Waals surface area contributed by atoms with Crippen molar-refractivity contribution in [1.82, 2.24) is 4.90 Å². The molecule has 0 radical (unpaired) electrons. The zero-order valence-corrected chi connectivity index (χ0v) is 12.4. The third-order valence-corrected chi connectivity index (χ3v) is 4.27. The van der Waals surface area contributed by atoms with Crippen molar-refractivity contribution in [2.24, 2.45) is 0 Å². The molecule has 1 saturated heterocycles. The van der Waals surface area contributed by atoms with Gasteiger partial charge in [0.25, 0.3) is 0 Å². The van der Waals surface area contributed by atoms with Gasteiger partial charge in [-0.25, -0.2) is 4.79 Å². The number of fused-ring (bicyclic) bond motifs is 1. The first kappa shape index (κ1) is 13.3. The van der Waals surface area contributed by atoms with E-state index in [4.69, 9.17) is 0 Å². The number of benzene rings is 1. The molecule has 0 spiro atoms. The fourth-order valence-corrected chi connectivity index (χ4v) is 3.18. The van der Waals surface area contributed by atoms with E-state index in [1.807, 2.05) is 19.0 Å². The van der Waals surface area contributed by atoms with Crippen LogP contribution in [0.25, 0.3) is 0 Å². The second-order valence-corrected chi connectivity index (χ2v) is 5.94. The van der Waals surface area contributed by atoms with E-state index in [0.29, 0.717) is 0 Å². The summed E-state index contributed by atoms with van der Waals surface area (Å²) in [7, 11) is 3.64. The summed E-state index contributed by atoms with van der Waals surface area (Å²) in [6, 6.07) is 6.72. The van der Waals surface area contributed by atoms with Gasteiger partial charge in [0.15, 0.2) is 0 Å². The molecule has 0 aromatic heterocycles. The number of hydrogen-bond donors (Lipinski definition) is 0. The SMILES string of the molecule is CN(C)C(=O)N1CCCc2ccc(N3CCCC3)cc21. The molecule has 0 aliphatic carbocycles. The van der Waals surface area contributed by atoms with E-state index < -0.39 is 0 Å². The molecule has 2 aliphatic rings. The smallest absolute Gasteiger partial charge is 0.323 e. The summed E-state index contributed by atoms with van der Waals surface area (Å²) in [5.74, 6) is 0. The molecule has 4 heteroatoms. The predicted molar refractivity (Wildman–Crippen MR) is 82.6 cm³/mol. The topological polar surface area (TPSA) is 26.8 Å². The Morgan fingerprint density at radius 3 is 2.55 bits per heavy atom. The minimum Gasteiger partial charge on any atom is -0.371 e. The van der Waals surface area contributed by atoms with E-state index in [0.717, 1.165) is 38.2 Å². The lowest BCUT2D eigenvalue weighted by molar-refractivity contribution is 0.223. The van der Waals surface area contributed by atoms with Gasteiger partial charge in [-0.2, -0.15) is 0 Å². The molecule has 4 nitrogen and oxygen atoms in total. The van der Waals surface area contributed by atoms with Crippen molar-refractivity contribution in [3.8, 4) is 0 Å². The van der Waals surface area contributed by atoms with Gasteiger partial charge in [-0.05, 0) is 43.4 Å². The van der Waals surface area contributed by atoms with Gasteiger partial charge in [-0.15, -0.1) is 0 Å². The lowest BCUT2D eigenvalue weighted by Crippen LogP contribution is -2.42. The first-order chi connectivity index (χ1) is 9.66. The minimum atomic E-state index is 0.0875. The fraction of sp³-hybridized carbons (Fsp3) is 0.562. The Morgan fingerprint density at radius 2 is 1.85 bits per heavy atom. The first-order valence-corrected chi connectivity index (χ1v) is 7.53. The van der Waals surface area contributed by atoms with Gasteiger partial charge in [0.05, 0.1) is 5.69 Å². The fourth-order valence-electron chi connectivity index (χ4n) is 3.18. The van der Waals surface area contributed by atoms with Crippen molar-refractivity contribution in [2.45, 2.75) is 25.7 Å². The standard InChI is InChI=1S/C16H23N3O/c1-17(2)16(20)19-11-5-6-13-7-8-14(12-15(13)19)18-9-3-4-10-18/h7-8,12H,3-6,9-11H2,1-2H3. The molecule has 0 N–H and O–H groups in total. The van der Waals surface area contributed by atoms with E-state index in [1.165, 1.54) is 24.1 Å². The average molecular weight is 273 g/mol. The molecule has 1 aromatic rings. The Balaban J connectivity index is 1.93.